The molecular formula is C24H25ClN4O. The Labute approximate surface area is 182 Å². The summed E-state index contributed by atoms with van der Waals surface area (Å²) < 4.78 is 0. The molecule has 0 unspecified atom stereocenters. The molecule has 0 aliphatic carbocycles. The van der Waals surface area contributed by atoms with Crippen LogP contribution >= 0.6 is 11.6 Å². The van der Waals surface area contributed by atoms with Crippen molar-refractivity contribution in [2.45, 2.75) is 6.54 Å². The molecule has 0 saturated carbocycles. The van der Waals surface area contributed by atoms with E-state index in [-0.39, 0.29) is 6.03 Å². The van der Waals surface area contributed by atoms with Crippen molar-refractivity contribution in [3.8, 4) is 0 Å². The lowest BCUT2D eigenvalue weighted by Crippen LogP contribution is -2.45. The Bertz CT molecular complexity index is 970. The summed E-state index contributed by atoms with van der Waals surface area (Å²) in [4.78, 5) is 17.1. The highest BCUT2D eigenvalue weighted by molar-refractivity contribution is 6.30. The second kappa shape index (κ2) is 9.65. The van der Waals surface area contributed by atoms with Crippen molar-refractivity contribution < 1.29 is 4.79 Å². The van der Waals surface area contributed by atoms with Gasteiger partial charge in [0.05, 0.1) is 0 Å². The zero-order valence-corrected chi connectivity index (χ0v) is 17.5. The number of carbonyl (C=O) groups excluding carboxylic acids is 1. The second-order valence-corrected chi connectivity index (χ2v) is 7.82. The smallest absolute Gasteiger partial charge is 0.323 e. The summed E-state index contributed by atoms with van der Waals surface area (Å²) in [7, 11) is 0. The topological polar surface area (TPSA) is 47.6 Å². The molecule has 3 aromatic carbocycles. The molecule has 0 spiro atoms. The van der Waals surface area contributed by atoms with Gasteiger partial charge in [0, 0.05) is 54.8 Å². The highest BCUT2D eigenvalue weighted by Gasteiger charge is 2.17. The van der Waals surface area contributed by atoms with Gasteiger partial charge in [0.15, 0.2) is 0 Å². The molecule has 3 aromatic rings. The standard InChI is InChI=1S/C24H25ClN4O/c25-20-5-4-6-22(17-20)27-24(30)26-21-11-9-19(10-12-21)18-28-13-15-29(16-14-28)23-7-2-1-3-8-23/h1-12,17H,13-16,18H2,(H2,26,27,30). The quantitative estimate of drug-likeness (QED) is 0.588. The van der Waals surface area contributed by atoms with Crippen LogP contribution in [0, 0.1) is 0 Å². The second-order valence-electron chi connectivity index (χ2n) is 7.39. The van der Waals surface area contributed by atoms with Gasteiger partial charge >= 0.3 is 6.03 Å². The van der Waals surface area contributed by atoms with E-state index in [0.717, 1.165) is 38.4 Å². The lowest BCUT2D eigenvalue weighted by Gasteiger charge is -2.36. The Morgan fingerprint density at radius 1 is 0.800 bits per heavy atom. The van der Waals surface area contributed by atoms with Gasteiger partial charge in [0.1, 0.15) is 0 Å². The van der Waals surface area contributed by atoms with Crippen LogP contribution in [-0.2, 0) is 6.54 Å². The SMILES string of the molecule is O=C(Nc1ccc(CN2CCN(c3ccccc3)CC2)cc1)Nc1cccc(Cl)c1. The van der Waals surface area contributed by atoms with Crippen molar-refractivity contribution in [3.63, 3.8) is 0 Å². The summed E-state index contributed by atoms with van der Waals surface area (Å²) >= 11 is 5.95. The maximum absolute atomic E-state index is 12.2. The molecule has 6 heteroatoms. The lowest BCUT2D eigenvalue weighted by molar-refractivity contribution is 0.250. The van der Waals surface area contributed by atoms with E-state index in [1.807, 2.05) is 12.1 Å². The van der Waals surface area contributed by atoms with Crippen LogP contribution in [0.25, 0.3) is 0 Å². The Balaban J connectivity index is 1.25. The molecular weight excluding hydrogens is 396 g/mol. The summed E-state index contributed by atoms with van der Waals surface area (Å²) in [6.45, 7) is 5.06. The van der Waals surface area contributed by atoms with Gasteiger partial charge in [-0.2, -0.15) is 0 Å². The third kappa shape index (κ3) is 5.53. The number of amides is 2. The van der Waals surface area contributed by atoms with Crippen molar-refractivity contribution in [1.29, 1.82) is 0 Å². The summed E-state index contributed by atoms with van der Waals surface area (Å²) in [5.74, 6) is 0. The van der Waals surface area contributed by atoms with Gasteiger partial charge < -0.3 is 15.5 Å². The number of anilines is 3. The van der Waals surface area contributed by atoms with Crippen LogP contribution < -0.4 is 15.5 Å². The summed E-state index contributed by atoms with van der Waals surface area (Å²) in [6, 6.07) is 25.4. The van der Waals surface area contributed by atoms with Crippen LogP contribution in [0.3, 0.4) is 0 Å². The largest absolute Gasteiger partial charge is 0.369 e. The Morgan fingerprint density at radius 2 is 1.50 bits per heavy atom. The van der Waals surface area contributed by atoms with Crippen molar-refractivity contribution in [2.75, 3.05) is 41.7 Å². The van der Waals surface area contributed by atoms with Crippen molar-refractivity contribution in [3.05, 3.63) is 89.4 Å². The van der Waals surface area contributed by atoms with E-state index in [1.54, 1.807) is 24.3 Å². The fraction of sp³-hybridized carbons (Fsp3) is 0.208. The average Bonchev–Trinajstić information content (AvgIpc) is 2.76. The summed E-state index contributed by atoms with van der Waals surface area (Å²) in [5, 5.41) is 6.22. The van der Waals surface area contributed by atoms with Gasteiger partial charge in [-0.25, -0.2) is 4.79 Å². The van der Waals surface area contributed by atoms with Crippen LogP contribution in [0.1, 0.15) is 5.56 Å². The van der Waals surface area contributed by atoms with Crippen LogP contribution in [0.2, 0.25) is 5.02 Å². The van der Waals surface area contributed by atoms with E-state index in [1.165, 1.54) is 11.3 Å². The van der Waals surface area contributed by atoms with Crippen LogP contribution in [0.5, 0.6) is 0 Å². The molecule has 154 valence electrons. The number of hydrogen-bond acceptors (Lipinski definition) is 3. The molecule has 1 heterocycles. The number of hydrogen-bond donors (Lipinski definition) is 2. The number of halogens is 1. The van der Waals surface area contributed by atoms with E-state index in [9.17, 15) is 4.79 Å². The van der Waals surface area contributed by atoms with Crippen LogP contribution in [-0.4, -0.2) is 37.1 Å². The van der Waals surface area contributed by atoms with Gasteiger partial charge in [-0.05, 0) is 48.0 Å². The number of urea groups is 1. The first-order chi connectivity index (χ1) is 14.7. The lowest BCUT2D eigenvalue weighted by atomic mass is 10.1. The molecule has 5 nitrogen and oxygen atoms in total. The third-order valence-electron chi connectivity index (χ3n) is 5.19. The van der Waals surface area contributed by atoms with E-state index in [4.69, 9.17) is 11.6 Å². The van der Waals surface area contributed by atoms with Crippen molar-refractivity contribution >= 4 is 34.7 Å². The third-order valence-corrected chi connectivity index (χ3v) is 5.43. The normalized spacial score (nSPS) is 14.4. The Hall–Kier alpha value is -3.02. The molecule has 30 heavy (non-hydrogen) atoms. The average molecular weight is 421 g/mol. The van der Waals surface area contributed by atoms with E-state index >= 15 is 0 Å². The number of nitrogens with zero attached hydrogens (tertiary/aromatic N) is 2. The molecule has 0 atom stereocenters. The fourth-order valence-corrected chi connectivity index (χ4v) is 3.80. The van der Waals surface area contributed by atoms with Gasteiger partial charge in [-0.3, -0.25) is 4.90 Å². The number of rotatable bonds is 5. The minimum atomic E-state index is -0.290. The minimum Gasteiger partial charge on any atom is -0.369 e. The Kier molecular flexibility index (Phi) is 6.52. The molecule has 2 amide bonds. The first-order valence-corrected chi connectivity index (χ1v) is 10.5. The first kappa shape index (κ1) is 20.3. The first-order valence-electron chi connectivity index (χ1n) is 10.1. The number of carbonyl (C=O) groups is 1. The molecule has 1 fully saturated rings. The number of para-hydroxylation sites is 1. The van der Waals surface area contributed by atoms with E-state index in [0.29, 0.717) is 10.7 Å². The minimum absolute atomic E-state index is 0.290. The zero-order valence-electron chi connectivity index (χ0n) is 16.7. The van der Waals surface area contributed by atoms with Gasteiger partial charge in [-0.1, -0.05) is 48.0 Å². The maximum Gasteiger partial charge on any atom is 0.323 e. The number of benzene rings is 3. The van der Waals surface area contributed by atoms with Crippen molar-refractivity contribution in [1.82, 2.24) is 4.90 Å². The van der Waals surface area contributed by atoms with Crippen molar-refractivity contribution in [2.24, 2.45) is 0 Å². The molecule has 1 aliphatic heterocycles. The number of nitrogens with one attached hydrogen (secondary N) is 2. The van der Waals surface area contributed by atoms with Gasteiger partial charge in [-0.15, -0.1) is 0 Å². The summed E-state index contributed by atoms with van der Waals surface area (Å²) in [5.41, 5.74) is 3.95. The molecule has 1 aliphatic rings. The van der Waals surface area contributed by atoms with Crippen LogP contribution in [0.4, 0.5) is 21.9 Å². The predicted molar refractivity (Wildman–Crippen MR) is 124 cm³/mol. The van der Waals surface area contributed by atoms with Gasteiger partial charge in [0.2, 0.25) is 0 Å². The zero-order chi connectivity index (χ0) is 20.8. The summed E-state index contributed by atoms with van der Waals surface area (Å²) in [6.07, 6.45) is 0. The van der Waals surface area contributed by atoms with E-state index < -0.39 is 0 Å². The molecule has 2 N–H and O–H groups in total. The number of piperazine rings is 1. The molecule has 4 rings (SSSR count). The molecule has 0 bridgehead atoms. The monoisotopic (exact) mass is 420 g/mol. The van der Waals surface area contributed by atoms with Gasteiger partial charge in [0.25, 0.3) is 0 Å². The molecule has 0 radical (unpaired) electrons. The highest BCUT2D eigenvalue weighted by Crippen LogP contribution is 2.18. The predicted octanol–water partition coefficient (Wildman–Crippen LogP) is 5.31. The van der Waals surface area contributed by atoms with Crippen LogP contribution in [0.15, 0.2) is 78.9 Å². The fourth-order valence-electron chi connectivity index (χ4n) is 3.61. The molecule has 1 saturated heterocycles. The maximum atomic E-state index is 12.2. The van der Waals surface area contributed by atoms with E-state index in [2.05, 4.69) is 62.9 Å². The Morgan fingerprint density at radius 3 is 2.20 bits per heavy atom. The molecule has 0 aromatic heterocycles. The highest BCUT2D eigenvalue weighted by atomic mass is 35.5.